The average Bonchev–Trinajstić information content (AvgIpc) is 0.773. The SMILES string of the molecule is Cc1cccnc1-c1[c-]cccc1.Fc1ccc(-c2ccc(-c3[c-]cccc3)nc2)cc1.Fc1ccc(-c2ccc(-c3[c-]cccc3)nc2)cc1.Fc1ccc(-c2ccc(-c3[c-]cccc3)nc2)cc1.Fc1ccc(-c2ccc(-c3[c-]cccc3)nc2)cc1.[2H]C([2H])([2H])C([2H])(C)c1cnc(-c2[c-]cccc2)cc1C.[2H]C([2H])([2H])c1cccc(-c2[c-]cccc2)n1.[2H]C([2H])([2H])c1cnc(-c2[c-]cccc2)cc1C.[Ir].[Ir].[Ir].[Ir]. The summed E-state index contributed by atoms with van der Waals surface area (Å²) in [5.41, 5.74) is 25.3. The predicted octanol–water partition coefficient (Wildman–Crippen LogP) is 30.3. The van der Waals surface area contributed by atoms with Gasteiger partial charge in [-0.25, -0.2) is 17.6 Å². The van der Waals surface area contributed by atoms with E-state index in [-0.39, 0.29) is 109 Å². The Morgan fingerprint density at radius 1 is 0.250 bits per heavy atom. The minimum atomic E-state index is -2.39. The third-order valence-corrected chi connectivity index (χ3v) is 20.0. The van der Waals surface area contributed by atoms with Crippen molar-refractivity contribution in [3.8, 4) is 135 Å². The summed E-state index contributed by atoms with van der Waals surface area (Å²) in [7, 11) is 0. The van der Waals surface area contributed by atoms with E-state index in [4.69, 9.17) is 13.7 Å². The molecule has 0 saturated carbocycles. The van der Waals surface area contributed by atoms with Crippen molar-refractivity contribution in [1.82, 2.24) is 39.9 Å². The molecule has 8 aromatic heterocycles. The summed E-state index contributed by atoms with van der Waals surface area (Å²) in [5.74, 6) is -2.58. The molecule has 1 atom stereocenters. The molecule has 136 heavy (non-hydrogen) atoms. The van der Waals surface area contributed by atoms with E-state index < -0.39 is 26.4 Å². The molecule has 0 fully saturated rings. The Morgan fingerprint density at radius 2 is 0.544 bits per heavy atom. The van der Waals surface area contributed by atoms with Gasteiger partial charge in [0.05, 0.1) is 0 Å². The Labute approximate surface area is 864 Å². The van der Waals surface area contributed by atoms with Crippen LogP contribution in [0.1, 0.15) is 66.9 Å². The summed E-state index contributed by atoms with van der Waals surface area (Å²) in [6.45, 7) is 0.403. The molecule has 0 N–H and O–H groups in total. The number of pyridine rings is 8. The molecule has 0 aliphatic rings. The number of rotatable bonds is 13. The number of hydrogen-bond donors (Lipinski definition) is 0. The van der Waals surface area contributed by atoms with E-state index in [1.54, 1.807) is 117 Å². The van der Waals surface area contributed by atoms with Gasteiger partial charge in [0.2, 0.25) is 0 Å². The maximum Gasteiger partial charge on any atom is 0.123 e. The summed E-state index contributed by atoms with van der Waals surface area (Å²) < 4.78 is 126. The first-order valence-electron chi connectivity index (χ1n) is 47.0. The Bertz CT molecular complexity index is 6800. The van der Waals surface area contributed by atoms with Crippen molar-refractivity contribution in [3.05, 3.63) is 531 Å². The molecule has 0 saturated heterocycles. The second-order valence-electron chi connectivity index (χ2n) is 29.4. The molecular formula is C120H92F4Ir4N8-8. The van der Waals surface area contributed by atoms with Gasteiger partial charge in [-0.05, 0) is 202 Å². The summed E-state index contributed by atoms with van der Waals surface area (Å²) in [6.07, 6.45) is 11.9. The summed E-state index contributed by atoms with van der Waals surface area (Å²) >= 11 is 0. The van der Waals surface area contributed by atoms with E-state index in [0.29, 0.717) is 16.8 Å². The van der Waals surface area contributed by atoms with Crippen LogP contribution in [0.5, 0.6) is 0 Å². The van der Waals surface area contributed by atoms with Gasteiger partial charge in [0.25, 0.3) is 0 Å². The van der Waals surface area contributed by atoms with Crippen molar-refractivity contribution < 1.29 is 112 Å². The zero-order chi connectivity index (χ0) is 100. The van der Waals surface area contributed by atoms with Gasteiger partial charge in [0.15, 0.2) is 0 Å². The number of hydrogen-bond acceptors (Lipinski definition) is 8. The van der Waals surface area contributed by atoms with E-state index in [9.17, 15) is 17.6 Å². The van der Waals surface area contributed by atoms with Crippen molar-refractivity contribution in [2.45, 2.75) is 54.1 Å². The van der Waals surface area contributed by atoms with Gasteiger partial charge in [-0.15, -0.1) is 287 Å². The Hall–Kier alpha value is -13.8. The molecule has 1 unspecified atom stereocenters. The van der Waals surface area contributed by atoms with E-state index in [1.165, 1.54) is 79.5 Å². The largest absolute Gasteiger partial charge is 0.304 e. The Balaban J connectivity index is 0.000000185. The van der Waals surface area contributed by atoms with Crippen molar-refractivity contribution >= 4 is 0 Å². The van der Waals surface area contributed by atoms with E-state index in [0.717, 1.165) is 140 Å². The van der Waals surface area contributed by atoms with Gasteiger partial charge in [0, 0.05) is 143 Å². The zero-order valence-electron chi connectivity index (χ0n) is 83.8. The molecule has 20 aromatic rings. The quantitative estimate of drug-likeness (QED) is 0.0831. The van der Waals surface area contributed by atoms with E-state index >= 15 is 0 Å². The smallest absolute Gasteiger partial charge is 0.123 e. The van der Waals surface area contributed by atoms with Crippen molar-refractivity contribution in [2.75, 3.05) is 0 Å². The fourth-order valence-electron chi connectivity index (χ4n) is 13.0. The fourth-order valence-corrected chi connectivity index (χ4v) is 13.0. The van der Waals surface area contributed by atoms with Crippen LogP contribution in [0.2, 0.25) is 0 Å². The maximum absolute atomic E-state index is 12.9. The van der Waals surface area contributed by atoms with Gasteiger partial charge < -0.3 is 39.9 Å². The van der Waals surface area contributed by atoms with Crippen LogP contribution in [-0.4, -0.2) is 39.9 Å². The molecule has 0 bridgehead atoms. The molecule has 0 spiro atoms. The van der Waals surface area contributed by atoms with Gasteiger partial charge >= 0.3 is 0 Å². The van der Waals surface area contributed by atoms with Crippen molar-refractivity contribution in [3.63, 3.8) is 0 Å². The number of halogens is 4. The normalized spacial score (nSPS) is 11.8. The van der Waals surface area contributed by atoms with Crippen molar-refractivity contribution in [2.24, 2.45) is 0 Å². The third kappa shape index (κ3) is 32.5. The monoisotopic (exact) mass is 2500 g/mol. The predicted molar refractivity (Wildman–Crippen MR) is 527 cm³/mol. The first-order valence-corrected chi connectivity index (χ1v) is 42.0. The molecule has 0 aliphatic carbocycles. The molecule has 12 aromatic carbocycles. The molecule has 20 rings (SSSR count). The number of aryl methyl sites for hydroxylation is 5. The second-order valence-corrected chi connectivity index (χ2v) is 29.4. The fraction of sp³-hybridized carbons (Fsp3) is 0.0667. The maximum atomic E-state index is 12.9. The van der Waals surface area contributed by atoms with Gasteiger partial charge in [0.1, 0.15) is 23.3 Å². The minimum absolute atomic E-state index is 0. The van der Waals surface area contributed by atoms with Crippen LogP contribution < -0.4 is 0 Å². The zero-order valence-corrected chi connectivity index (χ0v) is 83.4. The van der Waals surface area contributed by atoms with Gasteiger partial charge in [-0.3, -0.25) is 0 Å². The van der Waals surface area contributed by atoms with Crippen LogP contribution in [0.3, 0.4) is 0 Å². The van der Waals surface area contributed by atoms with Crippen LogP contribution in [0, 0.1) is 106 Å². The number of nitrogens with zero attached hydrogens (tertiary/aromatic N) is 8. The summed E-state index contributed by atoms with van der Waals surface area (Å²) in [5, 5.41) is 0. The first-order chi connectivity index (χ1) is 68.5. The van der Waals surface area contributed by atoms with Gasteiger partial charge in [-0.1, -0.05) is 158 Å². The average molecular weight is 2500 g/mol. The molecule has 0 aliphatic heterocycles. The number of benzene rings is 12. The summed E-state index contributed by atoms with van der Waals surface area (Å²) in [6, 6.07) is 140. The minimum Gasteiger partial charge on any atom is -0.304 e. The molecule has 8 heterocycles. The Kier molecular flexibility index (Phi) is 37.4. The van der Waals surface area contributed by atoms with Crippen LogP contribution in [0.4, 0.5) is 17.6 Å². The van der Waals surface area contributed by atoms with Crippen LogP contribution in [0.15, 0.2) is 426 Å². The molecule has 0 amide bonds. The molecular weight excluding hydrogens is 2400 g/mol. The molecule has 8 nitrogen and oxygen atoms in total. The first kappa shape index (κ1) is 91.3. The topological polar surface area (TPSA) is 103 Å². The van der Waals surface area contributed by atoms with Crippen LogP contribution in [-0.2, 0) is 80.4 Å². The van der Waals surface area contributed by atoms with E-state index in [1.807, 2.05) is 250 Å². The standard InChI is InChI=1S/4C17H11FN.C15H16N.C13H12N.2C12H10N.4Ir/c4*18-16-9-6-13(7-10-16)15-8-11-17(19-12-15)14-4-2-1-3-5-14;1-11(2)14-10-16-15(9-12(14)3)13-7-5-4-6-8-13;1-10-8-13(14-9-11(10)2)12-6-4-3-5-7-12;1-10-6-5-9-13-12(10)11-7-3-2-4-8-11;1-10-6-5-9-12(13-10)11-7-3-2-4-8-11;;;;/h4*1-4,6-12H;4-7,9-11H,1-3H3;3-6,8-9H,1-2H3;2*2-7,9H,1H3;;;;/q8*-1;;;;/i;;;;1D3,11D;2D3;;1D3;;;;. The van der Waals surface area contributed by atoms with Crippen LogP contribution in [0.25, 0.3) is 135 Å². The third-order valence-electron chi connectivity index (χ3n) is 20.0. The number of aromatic nitrogens is 8. The summed E-state index contributed by atoms with van der Waals surface area (Å²) in [4.78, 5) is 34.6. The van der Waals surface area contributed by atoms with Crippen LogP contribution >= 0.6 is 0 Å². The van der Waals surface area contributed by atoms with E-state index in [2.05, 4.69) is 101 Å². The molecule has 4 radical (unpaired) electrons. The molecule has 16 heteroatoms. The molecule has 684 valence electrons. The van der Waals surface area contributed by atoms with Gasteiger partial charge in [-0.2, -0.15) is 0 Å². The second kappa shape index (κ2) is 55.7. The Morgan fingerprint density at radius 3 is 0.816 bits per heavy atom. The van der Waals surface area contributed by atoms with Crippen molar-refractivity contribution in [1.29, 1.82) is 0 Å².